The van der Waals surface area contributed by atoms with Crippen LogP contribution >= 0.6 is 0 Å². The molecule has 96 valence electrons. The Labute approximate surface area is 99.6 Å². The molecule has 2 N–H and O–H groups in total. The molecule has 1 heterocycles. The lowest BCUT2D eigenvalue weighted by Gasteiger charge is -2.10. The molecule has 0 aliphatic heterocycles. The van der Waals surface area contributed by atoms with Crippen LogP contribution in [0.4, 0.5) is 5.69 Å². The zero-order valence-electron chi connectivity index (χ0n) is 10.3. The lowest BCUT2D eigenvalue weighted by atomic mass is 10.4. The van der Waals surface area contributed by atoms with E-state index in [1.165, 1.54) is 15.3 Å². The van der Waals surface area contributed by atoms with Crippen LogP contribution in [0.3, 0.4) is 0 Å². The molecular weight excluding hydrogens is 222 g/mol. The summed E-state index contributed by atoms with van der Waals surface area (Å²) in [5.41, 5.74) is 4.99. The predicted molar refractivity (Wildman–Crippen MR) is 66.2 cm³/mol. The first kappa shape index (κ1) is 13.5. The molecule has 6 nitrogen and oxygen atoms in total. The number of nitrogens with two attached hydrogens (primary N) is 1. The van der Waals surface area contributed by atoms with Gasteiger partial charge in [0.2, 0.25) is 0 Å². The summed E-state index contributed by atoms with van der Waals surface area (Å²) >= 11 is 0. The van der Waals surface area contributed by atoms with Gasteiger partial charge in [0.25, 0.3) is 5.56 Å². The minimum Gasteiger partial charge on any atom is -0.393 e. The highest BCUT2D eigenvalue weighted by atomic mass is 16.5. The van der Waals surface area contributed by atoms with E-state index in [4.69, 9.17) is 10.5 Å². The second-order valence-electron chi connectivity index (χ2n) is 3.86. The van der Waals surface area contributed by atoms with E-state index in [1.807, 2.05) is 6.92 Å². The van der Waals surface area contributed by atoms with E-state index >= 15 is 0 Å². The highest BCUT2D eigenvalue weighted by molar-refractivity contribution is 5.30. The zero-order chi connectivity index (χ0) is 12.8. The van der Waals surface area contributed by atoms with Crippen molar-refractivity contribution in [1.29, 1.82) is 0 Å². The van der Waals surface area contributed by atoms with Gasteiger partial charge in [-0.25, -0.2) is 4.79 Å². The number of nitrogens with zero attached hydrogens (tertiary/aromatic N) is 2. The third-order valence-electron chi connectivity index (χ3n) is 2.46. The van der Waals surface area contributed by atoms with E-state index in [2.05, 4.69) is 0 Å². The van der Waals surface area contributed by atoms with E-state index in [-0.39, 0.29) is 11.4 Å². The Morgan fingerprint density at radius 1 is 1.35 bits per heavy atom. The van der Waals surface area contributed by atoms with E-state index in [0.717, 1.165) is 6.42 Å². The van der Waals surface area contributed by atoms with Gasteiger partial charge >= 0.3 is 5.69 Å². The number of rotatable bonds is 6. The first-order chi connectivity index (χ1) is 8.11. The molecule has 6 heteroatoms. The van der Waals surface area contributed by atoms with Gasteiger partial charge in [-0.3, -0.25) is 13.9 Å². The van der Waals surface area contributed by atoms with Crippen molar-refractivity contribution in [3.8, 4) is 0 Å². The first-order valence-corrected chi connectivity index (χ1v) is 5.70. The molecule has 1 aromatic heterocycles. The topological polar surface area (TPSA) is 79.2 Å². The Morgan fingerprint density at radius 3 is 2.65 bits per heavy atom. The van der Waals surface area contributed by atoms with Gasteiger partial charge in [0.15, 0.2) is 0 Å². The van der Waals surface area contributed by atoms with Crippen LogP contribution in [0.1, 0.15) is 19.8 Å². The molecule has 0 aliphatic carbocycles. The molecule has 0 amide bonds. The molecule has 0 bridgehead atoms. The Kier molecular flexibility index (Phi) is 4.96. The van der Waals surface area contributed by atoms with E-state index < -0.39 is 5.56 Å². The van der Waals surface area contributed by atoms with Crippen LogP contribution in [0.25, 0.3) is 0 Å². The summed E-state index contributed by atoms with van der Waals surface area (Å²) in [6.45, 7) is 3.37. The summed E-state index contributed by atoms with van der Waals surface area (Å²) in [5, 5.41) is 0. The maximum Gasteiger partial charge on any atom is 0.331 e. The Bertz CT molecular complexity index is 476. The van der Waals surface area contributed by atoms with Gasteiger partial charge in [0.05, 0.1) is 0 Å². The Morgan fingerprint density at radius 2 is 2.06 bits per heavy atom. The fraction of sp³-hybridized carbons (Fsp3) is 0.636. The largest absolute Gasteiger partial charge is 0.393 e. The zero-order valence-corrected chi connectivity index (χ0v) is 10.3. The fourth-order valence-electron chi connectivity index (χ4n) is 1.64. The van der Waals surface area contributed by atoms with Crippen LogP contribution in [0.2, 0.25) is 0 Å². The van der Waals surface area contributed by atoms with Gasteiger partial charge in [-0.1, -0.05) is 6.92 Å². The maximum atomic E-state index is 12.0. The molecule has 1 aromatic rings. The van der Waals surface area contributed by atoms with Crippen LogP contribution < -0.4 is 17.0 Å². The van der Waals surface area contributed by atoms with E-state index in [9.17, 15) is 9.59 Å². The molecule has 0 aromatic carbocycles. The summed E-state index contributed by atoms with van der Waals surface area (Å²) in [6.07, 6.45) is 2.85. The molecule has 0 fully saturated rings. The number of anilines is 1. The number of hydrogen-bond acceptors (Lipinski definition) is 4. The number of hydrogen-bond donors (Lipinski definition) is 1. The van der Waals surface area contributed by atoms with Crippen molar-refractivity contribution < 1.29 is 4.74 Å². The van der Waals surface area contributed by atoms with Gasteiger partial charge in [0.1, 0.15) is 5.69 Å². The first-order valence-electron chi connectivity index (χ1n) is 5.70. The van der Waals surface area contributed by atoms with Crippen LogP contribution in [0, 0.1) is 0 Å². The van der Waals surface area contributed by atoms with Crippen LogP contribution in [0.15, 0.2) is 15.8 Å². The minimum absolute atomic E-state index is 0.107. The number of aromatic nitrogens is 2. The number of ether oxygens (including phenoxy) is 1. The normalized spacial score (nSPS) is 10.7. The number of nitrogen functional groups attached to an aromatic ring is 1. The quantitative estimate of drug-likeness (QED) is 0.713. The summed E-state index contributed by atoms with van der Waals surface area (Å²) < 4.78 is 7.54. The third kappa shape index (κ3) is 3.20. The van der Waals surface area contributed by atoms with Crippen molar-refractivity contribution >= 4 is 5.69 Å². The average molecular weight is 241 g/mol. The Hall–Kier alpha value is -1.56. The van der Waals surface area contributed by atoms with Gasteiger partial charge in [-0.2, -0.15) is 0 Å². The van der Waals surface area contributed by atoms with Crippen molar-refractivity contribution in [1.82, 2.24) is 9.13 Å². The number of aryl methyl sites for hydroxylation is 1. The number of methoxy groups -OCH3 is 1. The molecule has 0 spiro atoms. The van der Waals surface area contributed by atoms with Gasteiger partial charge < -0.3 is 10.5 Å². The molecule has 0 radical (unpaired) electrons. The smallest absolute Gasteiger partial charge is 0.331 e. The monoisotopic (exact) mass is 241 g/mol. The second-order valence-corrected chi connectivity index (χ2v) is 3.86. The molecule has 17 heavy (non-hydrogen) atoms. The lowest BCUT2D eigenvalue weighted by molar-refractivity contribution is 0.189. The summed E-state index contributed by atoms with van der Waals surface area (Å²) in [5.74, 6) is 0. The van der Waals surface area contributed by atoms with Crippen molar-refractivity contribution in [2.75, 3.05) is 19.5 Å². The fourth-order valence-corrected chi connectivity index (χ4v) is 1.64. The molecule has 0 saturated carbocycles. The highest BCUT2D eigenvalue weighted by Gasteiger charge is 2.08. The predicted octanol–water partition coefficient (Wildman–Crippen LogP) is 0.0387. The minimum atomic E-state index is -0.418. The third-order valence-corrected chi connectivity index (χ3v) is 2.46. The second kappa shape index (κ2) is 6.24. The van der Waals surface area contributed by atoms with Crippen LogP contribution in [-0.2, 0) is 17.8 Å². The van der Waals surface area contributed by atoms with Gasteiger partial charge in [-0.15, -0.1) is 0 Å². The standard InChI is InChI=1S/C11H19N3O3/c1-3-5-13-8-9(12)10(15)14(11(13)16)6-4-7-17-2/h8H,3-7,12H2,1-2H3. The van der Waals surface area contributed by atoms with Crippen molar-refractivity contribution in [3.05, 3.63) is 27.0 Å². The summed E-state index contributed by atoms with van der Waals surface area (Å²) in [7, 11) is 1.58. The molecule has 0 saturated heterocycles. The Balaban J connectivity index is 3.09. The van der Waals surface area contributed by atoms with Crippen molar-refractivity contribution in [2.24, 2.45) is 0 Å². The molecular formula is C11H19N3O3. The SMILES string of the molecule is CCCn1cc(N)c(=O)n(CCCOC)c1=O. The van der Waals surface area contributed by atoms with Gasteiger partial charge in [-0.05, 0) is 12.8 Å². The van der Waals surface area contributed by atoms with Gasteiger partial charge in [0, 0.05) is 33.0 Å². The van der Waals surface area contributed by atoms with Crippen molar-refractivity contribution in [3.63, 3.8) is 0 Å². The molecule has 1 rings (SSSR count). The lowest BCUT2D eigenvalue weighted by Crippen LogP contribution is -2.40. The highest BCUT2D eigenvalue weighted by Crippen LogP contribution is 1.93. The van der Waals surface area contributed by atoms with Crippen molar-refractivity contribution in [2.45, 2.75) is 32.9 Å². The molecule has 0 atom stereocenters. The molecule has 0 unspecified atom stereocenters. The van der Waals surface area contributed by atoms with E-state index in [0.29, 0.717) is 26.1 Å². The van der Waals surface area contributed by atoms with E-state index in [1.54, 1.807) is 7.11 Å². The van der Waals surface area contributed by atoms with Crippen LogP contribution in [0.5, 0.6) is 0 Å². The molecule has 0 aliphatic rings. The maximum absolute atomic E-state index is 12.0. The van der Waals surface area contributed by atoms with Crippen LogP contribution in [-0.4, -0.2) is 22.9 Å². The summed E-state index contributed by atoms with van der Waals surface area (Å²) in [4.78, 5) is 23.7. The average Bonchev–Trinajstić information content (AvgIpc) is 2.31. The summed E-state index contributed by atoms with van der Waals surface area (Å²) in [6, 6.07) is 0.